The molecule has 9 nitrogen and oxygen atoms in total. The molecule has 4 aromatic rings. The first-order valence-corrected chi connectivity index (χ1v) is 8.94. The Morgan fingerprint density at radius 3 is 2.63 bits per heavy atom. The fraction of sp³-hybridized carbons (Fsp3) is 0.250. The second-order valence-electron chi connectivity index (χ2n) is 5.96. The molecule has 0 aromatic carbocycles. The molecule has 0 aliphatic carbocycles. The number of rotatable bonds is 5. The minimum absolute atomic E-state index is 0.306. The average molecular weight is 385 g/mol. The molecule has 4 heterocycles. The first-order valence-electron chi connectivity index (χ1n) is 8.12. The summed E-state index contributed by atoms with van der Waals surface area (Å²) in [6.45, 7) is 3.77. The summed E-state index contributed by atoms with van der Waals surface area (Å²) in [5.74, 6) is 1.57. The van der Waals surface area contributed by atoms with E-state index in [2.05, 4.69) is 40.5 Å². The number of aromatic nitrogens is 7. The molecular weight excluding hydrogens is 369 g/mol. The van der Waals surface area contributed by atoms with Gasteiger partial charge >= 0.3 is 0 Å². The van der Waals surface area contributed by atoms with Gasteiger partial charge in [-0.2, -0.15) is 4.98 Å². The molecule has 0 aliphatic rings. The number of thiazole rings is 1. The van der Waals surface area contributed by atoms with Crippen LogP contribution in [0.3, 0.4) is 0 Å². The third-order valence-electron chi connectivity index (χ3n) is 3.69. The lowest BCUT2D eigenvalue weighted by Crippen LogP contribution is -2.13. The van der Waals surface area contributed by atoms with E-state index in [0.29, 0.717) is 28.9 Å². The summed E-state index contributed by atoms with van der Waals surface area (Å²) in [6, 6.07) is -0.306. The lowest BCUT2D eigenvalue weighted by atomic mass is 10.3. The molecule has 0 unspecified atom stereocenters. The number of nitrogens with one attached hydrogen (secondary N) is 2. The maximum atomic E-state index is 13.0. The van der Waals surface area contributed by atoms with Crippen LogP contribution in [0.15, 0.2) is 24.9 Å². The second kappa shape index (κ2) is 6.83. The van der Waals surface area contributed by atoms with E-state index in [1.54, 1.807) is 6.33 Å². The highest BCUT2D eigenvalue weighted by atomic mass is 32.1. The zero-order chi connectivity index (χ0) is 19.0. The SMILES string of the molecule is Cc1nc2c(Nc3cn(C)cn3)nc(N[C@H](C)c3ncc(F)cn3)nc2s1. The minimum Gasteiger partial charge on any atom is -0.344 e. The number of anilines is 3. The Morgan fingerprint density at radius 1 is 1.15 bits per heavy atom. The van der Waals surface area contributed by atoms with E-state index in [9.17, 15) is 4.39 Å². The fourth-order valence-electron chi connectivity index (χ4n) is 2.48. The van der Waals surface area contributed by atoms with Crippen molar-refractivity contribution in [2.75, 3.05) is 10.6 Å². The Morgan fingerprint density at radius 2 is 1.93 bits per heavy atom. The first kappa shape index (κ1) is 17.2. The summed E-state index contributed by atoms with van der Waals surface area (Å²) in [7, 11) is 1.89. The van der Waals surface area contributed by atoms with Gasteiger partial charge in [-0.1, -0.05) is 11.3 Å². The molecule has 0 radical (unpaired) electrons. The Kier molecular flexibility index (Phi) is 4.36. The molecule has 0 saturated heterocycles. The molecule has 11 heteroatoms. The molecule has 2 N–H and O–H groups in total. The third-order valence-corrected chi connectivity index (χ3v) is 4.55. The van der Waals surface area contributed by atoms with Crippen LogP contribution in [-0.4, -0.2) is 34.5 Å². The van der Waals surface area contributed by atoms with Gasteiger partial charge in [0.1, 0.15) is 17.2 Å². The molecule has 0 amide bonds. The molecular formula is C16H16FN9S. The van der Waals surface area contributed by atoms with Gasteiger partial charge in [-0.25, -0.2) is 29.3 Å². The number of nitrogens with zero attached hydrogens (tertiary/aromatic N) is 7. The smallest absolute Gasteiger partial charge is 0.226 e. The Hall–Kier alpha value is -3.21. The number of hydrogen-bond donors (Lipinski definition) is 2. The van der Waals surface area contributed by atoms with Gasteiger partial charge in [0.15, 0.2) is 16.5 Å². The molecule has 4 rings (SSSR count). The van der Waals surface area contributed by atoms with E-state index >= 15 is 0 Å². The van der Waals surface area contributed by atoms with Crippen LogP contribution >= 0.6 is 11.3 Å². The monoisotopic (exact) mass is 385 g/mol. The van der Waals surface area contributed by atoms with Gasteiger partial charge in [0, 0.05) is 13.2 Å². The normalized spacial score (nSPS) is 12.3. The van der Waals surface area contributed by atoms with Gasteiger partial charge < -0.3 is 15.2 Å². The van der Waals surface area contributed by atoms with E-state index in [-0.39, 0.29) is 6.04 Å². The topological polar surface area (TPSA) is 106 Å². The number of imidazole rings is 1. The van der Waals surface area contributed by atoms with Crippen LogP contribution in [0, 0.1) is 12.7 Å². The van der Waals surface area contributed by atoms with E-state index in [4.69, 9.17) is 0 Å². The van der Waals surface area contributed by atoms with Crippen molar-refractivity contribution in [3.8, 4) is 0 Å². The Labute approximate surface area is 157 Å². The van der Waals surface area contributed by atoms with Crippen molar-refractivity contribution in [3.63, 3.8) is 0 Å². The van der Waals surface area contributed by atoms with E-state index in [0.717, 1.165) is 22.2 Å². The predicted octanol–water partition coefficient (Wildman–Crippen LogP) is 2.97. The second-order valence-corrected chi connectivity index (χ2v) is 7.14. The number of fused-ring (bicyclic) bond motifs is 1. The van der Waals surface area contributed by atoms with E-state index < -0.39 is 5.82 Å². The van der Waals surface area contributed by atoms with Crippen molar-refractivity contribution in [2.24, 2.45) is 7.05 Å². The quantitative estimate of drug-likeness (QED) is 0.540. The van der Waals surface area contributed by atoms with Crippen molar-refractivity contribution in [2.45, 2.75) is 19.9 Å². The summed E-state index contributed by atoms with van der Waals surface area (Å²) in [4.78, 5) is 26.6. The van der Waals surface area contributed by atoms with Gasteiger partial charge in [0.05, 0.1) is 29.8 Å². The van der Waals surface area contributed by atoms with Crippen molar-refractivity contribution in [3.05, 3.63) is 41.6 Å². The Bertz CT molecular complexity index is 1090. The van der Waals surface area contributed by atoms with Crippen LogP contribution in [0.4, 0.5) is 22.0 Å². The molecule has 0 fully saturated rings. The molecule has 138 valence electrons. The summed E-state index contributed by atoms with van der Waals surface area (Å²) < 4.78 is 14.9. The largest absolute Gasteiger partial charge is 0.344 e. The van der Waals surface area contributed by atoms with Crippen molar-refractivity contribution >= 4 is 39.3 Å². The number of hydrogen-bond acceptors (Lipinski definition) is 9. The van der Waals surface area contributed by atoms with Gasteiger partial charge in [-0.3, -0.25) is 0 Å². The van der Waals surface area contributed by atoms with Gasteiger partial charge in [0.2, 0.25) is 5.95 Å². The zero-order valence-corrected chi connectivity index (χ0v) is 15.6. The summed E-state index contributed by atoms with van der Waals surface area (Å²) in [5, 5.41) is 7.22. The van der Waals surface area contributed by atoms with Crippen molar-refractivity contribution in [1.29, 1.82) is 0 Å². The lowest BCUT2D eigenvalue weighted by Gasteiger charge is -2.13. The lowest BCUT2D eigenvalue weighted by molar-refractivity contribution is 0.604. The number of aryl methyl sites for hydroxylation is 2. The van der Waals surface area contributed by atoms with Crippen LogP contribution in [0.2, 0.25) is 0 Å². The molecule has 27 heavy (non-hydrogen) atoms. The maximum absolute atomic E-state index is 13.0. The van der Waals surface area contributed by atoms with Crippen LogP contribution in [0.1, 0.15) is 23.8 Å². The first-order chi connectivity index (χ1) is 13.0. The molecule has 0 spiro atoms. The summed E-state index contributed by atoms with van der Waals surface area (Å²) in [6.07, 6.45) is 5.80. The highest BCUT2D eigenvalue weighted by Gasteiger charge is 2.16. The highest BCUT2D eigenvalue weighted by Crippen LogP contribution is 2.29. The number of halogens is 1. The zero-order valence-electron chi connectivity index (χ0n) is 14.8. The molecule has 0 aliphatic heterocycles. The fourth-order valence-corrected chi connectivity index (χ4v) is 3.27. The Balaban J connectivity index is 1.67. The van der Waals surface area contributed by atoms with E-state index in [1.807, 2.05) is 31.7 Å². The summed E-state index contributed by atoms with van der Waals surface area (Å²) in [5.41, 5.74) is 0.680. The van der Waals surface area contributed by atoms with Crippen LogP contribution < -0.4 is 10.6 Å². The van der Waals surface area contributed by atoms with Crippen LogP contribution in [0.25, 0.3) is 10.3 Å². The molecule has 0 bridgehead atoms. The van der Waals surface area contributed by atoms with E-state index in [1.165, 1.54) is 11.3 Å². The third kappa shape index (κ3) is 3.67. The summed E-state index contributed by atoms with van der Waals surface area (Å²) >= 11 is 1.47. The van der Waals surface area contributed by atoms with Crippen molar-refractivity contribution < 1.29 is 4.39 Å². The van der Waals surface area contributed by atoms with Gasteiger partial charge in [-0.05, 0) is 13.8 Å². The molecule has 0 saturated carbocycles. The standard InChI is InChI=1S/C16H16FN9S/c1-8(13-18-4-10(17)5-19-13)21-16-24-14(23-11-6-26(3)7-20-11)12-15(25-16)27-9(2)22-12/h4-8H,1-3H3,(H2,21,23,24,25)/t8-/m1/s1. The van der Waals surface area contributed by atoms with Gasteiger partial charge in [-0.15, -0.1) is 0 Å². The minimum atomic E-state index is -0.481. The van der Waals surface area contributed by atoms with Crippen LogP contribution in [-0.2, 0) is 7.05 Å². The van der Waals surface area contributed by atoms with Crippen molar-refractivity contribution in [1.82, 2.24) is 34.5 Å². The molecule has 4 aromatic heterocycles. The predicted molar refractivity (Wildman–Crippen MR) is 100 cm³/mol. The average Bonchev–Trinajstić information content (AvgIpc) is 3.20. The maximum Gasteiger partial charge on any atom is 0.226 e. The van der Waals surface area contributed by atoms with Crippen LogP contribution in [0.5, 0.6) is 0 Å². The van der Waals surface area contributed by atoms with Gasteiger partial charge in [0.25, 0.3) is 0 Å². The molecule has 1 atom stereocenters. The highest BCUT2D eigenvalue weighted by molar-refractivity contribution is 7.18.